The van der Waals surface area contributed by atoms with Crippen LogP contribution in [0.25, 0.3) is 11.2 Å². The molecule has 2 aromatic heterocycles. The van der Waals surface area contributed by atoms with Crippen molar-refractivity contribution in [2.75, 3.05) is 13.6 Å². The van der Waals surface area contributed by atoms with Crippen LogP contribution in [0.4, 0.5) is 0 Å². The monoisotopic (exact) mass is 262 g/mol. The molecular formula is C13H18N4S. The van der Waals surface area contributed by atoms with E-state index in [2.05, 4.69) is 33.4 Å². The van der Waals surface area contributed by atoms with Gasteiger partial charge in [-0.25, -0.2) is 4.98 Å². The van der Waals surface area contributed by atoms with Crippen LogP contribution in [0, 0.1) is 4.77 Å². The molecule has 0 aliphatic carbocycles. The van der Waals surface area contributed by atoms with Crippen LogP contribution in [-0.4, -0.2) is 39.1 Å². The van der Waals surface area contributed by atoms with E-state index in [1.807, 2.05) is 18.3 Å². The van der Waals surface area contributed by atoms with Crippen LogP contribution in [0.15, 0.2) is 18.3 Å². The van der Waals surface area contributed by atoms with Crippen molar-refractivity contribution in [3.8, 4) is 0 Å². The Labute approximate surface area is 112 Å². The highest BCUT2D eigenvalue weighted by atomic mass is 32.1. The first kappa shape index (κ1) is 11.9. The van der Waals surface area contributed by atoms with E-state index in [1.165, 1.54) is 0 Å². The maximum absolute atomic E-state index is 5.46. The average Bonchev–Trinajstić information content (AvgIpc) is 2.69. The van der Waals surface area contributed by atoms with Crippen LogP contribution < -0.4 is 0 Å². The van der Waals surface area contributed by atoms with Gasteiger partial charge in [0.15, 0.2) is 10.4 Å². The number of rotatable bonds is 1. The molecule has 18 heavy (non-hydrogen) atoms. The molecule has 2 unspecified atom stereocenters. The number of H-pyrrole nitrogens is 1. The van der Waals surface area contributed by atoms with Crippen molar-refractivity contribution < 1.29 is 0 Å². The molecular weight excluding hydrogens is 244 g/mol. The molecule has 1 fully saturated rings. The summed E-state index contributed by atoms with van der Waals surface area (Å²) in [6.07, 6.45) is 4.10. The summed E-state index contributed by atoms with van der Waals surface area (Å²) in [5.74, 6) is 0. The molecule has 4 nitrogen and oxygen atoms in total. The Bertz CT molecular complexity index is 615. The summed E-state index contributed by atoms with van der Waals surface area (Å²) in [4.78, 5) is 10.1. The van der Waals surface area contributed by atoms with Gasteiger partial charge in [-0.3, -0.25) is 4.57 Å². The third-order valence-corrected chi connectivity index (χ3v) is 4.32. The van der Waals surface area contributed by atoms with Crippen LogP contribution in [0.5, 0.6) is 0 Å². The molecule has 0 saturated carbocycles. The van der Waals surface area contributed by atoms with Gasteiger partial charge in [-0.15, -0.1) is 0 Å². The molecule has 0 amide bonds. The number of pyridine rings is 1. The van der Waals surface area contributed by atoms with E-state index in [1.54, 1.807) is 0 Å². The zero-order valence-corrected chi connectivity index (χ0v) is 11.6. The lowest BCUT2D eigenvalue weighted by molar-refractivity contribution is 0.158. The van der Waals surface area contributed by atoms with Gasteiger partial charge in [0.2, 0.25) is 0 Å². The molecule has 96 valence electrons. The van der Waals surface area contributed by atoms with E-state index in [-0.39, 0.29) is 0 Å². The first-order valence-electron chi connectivity index (χ1n) is 6.42. The molecule has 2 atom stereocenters. The Morgan fingerprint density at radius 3 is 3.11 bits per heavy atom. The quantitative estimate of drug-likeness (QED) is 0.803. The van der Waals surface area contributed by atoms with Crippen molar-refractivity contribution in [3.05, 3.63) is 23.1 Å². The van der Waals surface area contributed by atoms with Crippen LogP contribution in [0.3, 0.4) is 0 Å². The number of imidazole rings is 1. The largest absolute Gasteiger partial charge is 0.329 e. The molecule has 0 bridgehead atoms. The number of piperidine rings is 1. The molecule has 3 heterocycles. The van der Waals surface area contributed by atoms with Gasteiger partial charge in [0.1, 0.15) is 0 Å². The van der Waals surface area contributed by atoms with Gasteiger partial charge in [0.05, 0.1) is 5.52 Å². The number of hydrogen-bond acceptors (Lipinski definition) is 3. The third kappa shape index (κ3) is 1.87. The fourth-order valence-electron chi connectivity index (χ4n) is 2.80. The maximum Gasteiger partial charge on any atom is 0.179 e. The summed E-state index contributed by atoms with van der Waals surface area (Å²) in [5.41, 5.74) is 2.03. The van der Waals surface area contributed by atoms with Crippen LogP contribution in [0.2, 0.25) is 0 Å². The van der Waals surface area contributed by atoms with E-state index >= 15 is 0 Å². The molecule has 2 aromatic rings. The van der Waals surface area contributed by atoms with Gasteiger partial charge in [0, 0.05) is 24.8 Å². The number of aromatic amines is 1. The van der Waals surface area contributed by atoms with Gasteiger partial charge < -0.3 is 9.88 Å². The molecule has 0 spiro atoms. The lowest BCUT2D eigenvalue weighted by Gasteiger charge is -2.35. The molecule has 3 rings (SSSR count). The van der Waals surface area contributed by atoms with Crippen molar-refractivity contribution in [3.63, 3.8) is 0 Å². The number of fused-ring (bicyclic) bond motifs is 1. The minimum atomic E-state index is 0.465. The fraction of sp³-hybridized carbons (Fsp3) is 0.538. The summed E-state index contributed by atoms with van der Waals surface area (Å²) in [6, 6.07) is 5.04. The van der Waals surface area contributed by atoms with E-state index in [0.29, 0.717) is 12.1 Å². The second kappa shape index (κ2) is 4.48. The number of likely N-dealkylation sites (tertiary alicyclic amines) is 1. The Morgan fingerprint density at radius 1 is 1.50 bits per heavy atom. The Balaban J connectivity index is 2.04. The topological polar surface area (TPSA) is 36.9 Å². The number of nitrogens with one attached hydrogen (secondary N) is 1. The zero-order valence-electron chi connectivity index (χ0n) is 10.8. The molecule has 1 aliphatic rings. The summed E-state index contributed by atoms with van der Waals surface area (Å²) < 4.78 is 3.00. The summed E-state index contributed by atoms with van der Waals surface area (Å²) >= 11 is 5.46. The van der Waals surface area contributed by atoms with E-state index in [9.17, 15) is 0 Å². The molecule has 1 aliphatic heterocycles. The van der Waals surface area contributed by atoms with Crippen molar-refractivity contribution in [2.45, 2.75) is 31.8 Å². The van der Waals surface area contributed by atoms with E-state index < -0.39 is 0 Å². The number of nitrogens with zero attached hydrogens (tertiary/aromatic N) is 3. The average molecular weight is 262 g/mol. The lowest BCUT2D eigenvalue weighted by atomic mass is 9.99. The SMILES string of the molecule is CC1CC(n2c(=S)[nH]c3cccnc32)CCN1C. The Morgan fingerprint density at radius 2 is 2.33 bits per heavy atom. The van der Waals surface area contributed by atoms with Gasteiger partial charge in [-0.05, 0) is 51.2 Å². The van der Waals surface area contributed by atoms with Gasteiger partial charge in [-0.2, -0.15) is 0 Å². The third-order valence-electron chi connectivity index (χ3n) is 4.02. The minimum Gasteiger partial charge on any atom is -0.329 e. The highest BCUT2D eigenvalue weighted by Crippen LogP contribution is 2.28. The smallest absolute Gasteiger partial charge is 0.179 e. The van der Waals surface area contributed by atoms with Gasteiger partial charge >= 0.3 is 0 Å². The highest BCUT2D eigenvalue weighted by molar-refractivity contribution is 7.71. The predicted molar refractivity (Wildman–Crippen MR) is 75.3 cm³/mol. The van der Waals surface area contributed by atoms with Crippen molar-refractivity contribution >= 4 is 23.4 Å². The van der Waals surface area contributed by atoms with Crippen LogP contribution in [0.1, 0.15) is 25.8 Å². The number of aromatic nitrogens is 3. The Hall–Kier alpha value is -1.20. The molecule has 1 N–H and O–H groups in total. The maximum atomic E-state index is 5.46. The van der Waals surface area contributed by atoms with Gasteiger partial charge in [0.25, 0.3) is 0 Å². The molecule has 5 heteroatoms. The van der Waals surface area contributed by atoms with Crippen molar-refractivity contribution in [1.29, 1.82) is 0 Å². The molecule has 0 aromatic carbocycles. The van der Waals surface area contributed by atoms with Crippen LogP contribution >= 0.6 is 12.2 Å². The van der Waals surface area contributed by atoms with E-state index in [4.69, 9.17) is 12.2 Å². The zero-order chi connectivity index (χ0) is 12.7. The number of hydrogen-bond donors (Lipinski definition) is 1. The molecule has 0 radical (unpaired) electrons. The van der Waals surface area contributed by atoms with Gasteiger partial charge in [-0.1, -0.05) is 0 Å². The highest BCUT2D eigenvalue weighted by Gasteiger charge is 2.25. The normalized spacial score (nSPS) is 25.7. The lowest BCUT2D eigenvalue weighted by Crippen LogP contribution is -2.38. The summed E-state index contributed by atoms with van der Waals surface area (Å²) in [6.45, 7) is 3.39. The first-order valence-corrected chi connectivity index (χ1v) is 6.83. The van der Waals surface area contributed by atoms with Crippen molar-refractivity contribution in [1.82, 2.24) is 19.4 Å². The van der Waals surface area contributed by atoms with Crippen LogP contribution in [-0.2, 0) is 0 Å². The van der Waals surface area contributed by atoms with E-state index in [0.717, 1.165) is 35.3 Å². The summed E-state index contributed by atoms with van der Waals surface area (Å²) in [7, 11) is 2.19. The Kier molecular flexibility index (Phi) is 2.95. The predicted octanol–water partition coefficient (Wildman–Crippen LogP) is 2.75. The minimum absolute atomic E-state index is 0.465. The second-order valence-corrected chi connectivity index (χ2v) is 5.57. The fourth-order valence-corrected chi connectivity index (χ4v) is 3.14. The second-order valence-electron chi connectivity index (χ2n) is 5.18. The summed E-state index contributed by atoms with van der Waals surface area (Å²) in [5, 5.41) is 0. The standard InChI is InChI=1S/C13H18N4S/c1-9-8-10(5-7-16(9)2)17-12-11(15-13(17)18)4-3-6-14-12/h3-4,6,9-10H,5,7-8H2,1-2H3,(H,15,18). The molecule has 1 saturated heterocycles. The van der Waals surface area contributed by atoms with Crippen molar-refractivity contribution in [2.24, 2.45) is 0 Å². The first-order chi connectivity index (χ1) is 8.66.